The Labute approximate surface area is 199 Å². The second-order valence-electron chi connectivity index (χ2n) is 8.04. The number of pyridine rings is 3. The fourth-order valence-electron chi connectivity index (χ4n) is 3.84. The highest BCUT2D eigenvalue weighted by Crippen LogP contribution is 2.31. The van der Waals surface area contributed by atoms with Crippen molar-refractivity contribution in [3.8, 4) is 10.7 Å². The fraction of sp³-hybridized carbons (Fsp3) is 0.360. The zero-order valence-corrected chi connectivity index (χ0v) is 20.5. The molecule has 0 saturated heterocycles. The van der Waals surface area contributed by atoms with Gasteiger partial charge in [0.1, 0.15) is 28.2 Å². The highest BCUT2D eigenvalue weighted by molar-refractivity contribution is 7.21. The van der Waals surface area contributed by atoms with Gasteiger partial charge in [0, 0.05) is 37.6 Å². The van der Waals surface area contributed by atoms with E-state index in [1.165, 1.54) is 0 Å². The van der Waals surface area contributed by atoms with E-state index in [9.17, 15) is 0 Å². The predicted octanol–water partition coefficient (Wildman–Crippen LogP) is 5.41. The first-order chi connectivity index (χ1) is 16.1. The lowest BCUT2D eigenvalue weighted by Gasteiger charge is -2.27. The van der Waals surface area contributed by atoms with Crippen LogP contribution in [0.1, 0.15) is 32.3 Å². The van der Waals surface area contributed by atoms with E-state index in [4.69, 9.17) is 9.97 Å². The van der Waals surface area contributed by atoms with Gasteiger partial charge in [-0.15, -0.1) is 11.3 Å². The van der Waals surface area contributed by atoms with Gasteiger partial charge in [-0.1, -0.05) is 25.5 Å². The molecule has 0 amide bonds. The fourth-order valence-corrected chi connectivity index (χ4v) is 4.82. The molecule has 4 aromatic heterocycles. The summed E-state index contributed by atoms with van der Waals surface area (Å²) in [7, 11) is 2.03. The van der Waals surface area contributed by atoms with Crippen LogP contribution in [0.25, 0.3) is 20.9 Å². The molecule has 4 aromatic rings. The number of likely N-dealkylation sites (N-methyl/N-ethyl adjacent to an activating group) is 2. The van der Waals surface area contributed by atoms with Gasteiger partial charge in [0.15, 0.2) is 0 Å². The highest BCUT2D eigenvalue weighted by atomic mass is 32.1. The molecular formula is C25H31N7S. The quantitative estimate of drug-likeness (QED) is 0.327. The Kier molecular flexibility index (Phi) is 7.47. The topological polar surface area (TPSA) is 78.9 Å². The van der Waals surface area contributed by atoms with Crippen LogP contribution in [0, 0.1) is 6.92 Å². The molecule has 7 nitrogen and oxygen atoms in total. The minimum absolute atomic E-state index is 0.444. The van der Waals surface area contributed by atoms with Crippen molar-refractivity contribution >= 4 is 39.0 Å². The largest absolute Gasteiger partial charge is 0.355 e. The first kappa shape index (κ1) is 23.1. The first-order valence-electron chi connectivity index (χ1n) is 11.5. The molecule has 0 radical (unpaired) electrons. The summed E-state index contributed by atoms with van der Waals surface area (Å²) in [5.41, 5.74) is 2.94. The van der Waals surface area contributed by atoms with Gasteiger partial charge in [-0.3, -0.25) is 4.98 Å². The van der Waals surface area contributed by atoms with Crippen molar-refractivity contribution in [2.75, 3.05) is 30.4 Å². The van der Waals surface area contributed by atoms with Crippen LogP contribution in [0.2, 0.25) is 0 Å². The molecule has 0 aromatic carbocycles. The highest BCUT2D eigenvalue weighted by Gasteiger charge is 2.14. The average Bonchev–Trinajstić information content (AvgIpc) is 3.25. The number of aromatic nitrogens is 4. The van der Waals surface area contributed by atoms with Gasteiger partial charge in [-0.2, -0.15) is 0 Å². The average molecular weight is 462 g/mol. The second kappa shape index (κ2) is 10.7. The molecule has 1 atom stereocenters. The maximum absolute atomic E-state index is 4.85. The Morgan fingerprint density at radius 2 is 1.94 bits per heavy atom. The standard InChI is InChI=1S/C25H31N7S/c1-5-9-18(26-4)16-32(6-2)23-12-7-11-21(31-23)30-22-14-19-20(15-28-22)33-25(29-19)24-17(3)10-8-13-27-24/h7-8,10-15,18,26H,5-6,9,16H2,1-4H3,(H,28,30,31). The predicted molar refractivity (Wildman–Crippen MR) is 139 cm³/mol. The third-order valence-electron chi connectivity index (χ3n) is 5.67. The molecule has 0 saturated carbocycles. The molecule has 0 bridgehead atoms. The lowest BCUT2D eigenvalue weighted by molar-refractivity contribution is 0.507. The number of fused-ring (bicyclic) bond motifs is 1. The Hall–Kier alpha value is -3.10. The van der Waals surface area contributed by atoms with Gasteiger partial charge in [0.25, 0.3) is 0 Å². The van der Waals surface area contributed by atoms with Crippen LogP contribution in [0.4, 0.5) is 17.5 Å². The zero-order valence-electron chi connectivity index (χ0n) is 19.7. The van der Waals surface area contributed by atoms with Gasteiger partial charge < -0.3 is 15.5 Å². The number of nitrogens with one attached hydrogen (secondary N) is 2. The van der Waals surface area contributed by atoms with Crippen molar-refractivity contribution in [3.05, 3.63) is 54.4 Å². The van der Waals surface area contributed by atoms with E-state index >= 15 is 0 Å². The van der Waals surface area contributed by atoms with Crippen molar-refractivity contribution in [2.45, 2.75) is 39.7 Å². The van der Waals surface area contributed by atoms with E-state index in [1.807, 2.05) is 37.5 Å². The number of rotatable bonds is 10. The van der Waals surface area contributed by atoms with Crippen LogP contribution in [0.15, 0.2) is 48.8 Å². The molecule has 2 N–H and O–H groups in total. The molecule has 0 fully saturated rings. The summed E-state index contributed by atoms with van der Waals surface area (Å²) in [4.78, 5) is 21.0. The molecule has 1 unspecified atom stereocenters. The van der Waals surface area contributed by atoms with Crippen LogP contribution in [0.3, 0.4) is 0 Å². The summed E-state index contributed by atoms with van der Waals surface area (Å²) in [6.07, 6.45) is 5.97. The molecule has 4 heterocycles. The van der Waals surface area contributed by atoms with E-state index in [0.29, 0.717) is 6.04 Å². The summed E-state index contributed by atoms with van der Waals surface area (Å²) in [6.45, 7) is 8.27. The van der Waals surface area contributed by atoms with Crippen molar-refractivity contribution in [3.63, 3.8) is 0 Å². The monoisotopic (exact) mass is 461 g/mol. The summed E-state index contributed by atoms with van der Waals surface area (Å²) in [6, 6.07) is 12.5. The second-order valence-corrected chi connectivity index (χ2v) is 9.07. The molecule has 33 heavy (non-hydrogen) atoms. The van der Waals surface area contributed by atoms with Crippen LogP contribution in [-0.4, -0.2) is 46.1 Å². The van der Waals surface area contributed by atoms with E-state index in [0.717, 1.165) is 69.9 Å². The van der Waals surface area contributed by atoms with Crippen LogP contribution >= 0.6 is 11.3 Å². The van der Waals surface area contributed by atoms with Gasteiger partial charge >= 0.3 is 0 Å². The molecule has 0 spiro atoms. The Balaban J connectivity index is 1.54. The molecule has 0 aliphatic carbocycles. The Morgan fingerprint density at radius 1 is 1.06 bits per heavy atom. The van der Waals surface area contributed by atoms with Crippen molar-refractivity contribution in [2.24, 2.45) is 0 Å². The summed E-state index contributed by atoms with van der Waals surface area (Å²) >= 11 is 1.61. The number of anilines is 3. The number of thiazole rings is 1. The van der Waals surface area contributed by atoms with Gasteiger partial charge in [0.2, 0.25) is 0 Å². The third-order valence-corrected chi connectivity index (χ3v) is 6.68. The smallest absolute Gasteiger partial charge is 0.143 e. The van der Waals surface area contributed by atoms with Crippen molar-refractivity contribution in [1.82, 2.24) is 25.3 Å². The third kappa shape index (κ3) is 5.46. The van der Waals surface area contributed by atoms with Crippen LogP contribution in [-0.2, 0) is 0 Å². The van der Waals surface area contributed by atoms with Gasteiger partial charge in [-0.05, 0) is 51.1 Å². The number of nitrogens with zero attached hydrogens (tertiary/aromatic N) is 5. The summed E-state index contributed by atoms with van der Waals surface area (Å²) in [5, 5.41) is 7.68. The van der Waals surface area contributed by atoms with E-state index in [1.54, 1.807) is 17.5 Å². The van der Waals surface area contributed by atoms with Crippen LogP contribution in [0.5, 0.6) is 0 Å². The lowest BCUT2D eigenvalue weighted by Crippen LogP contribution is -2.39. The van der Waals surface area contributed by atoms with Crippen LogP contribution < -0.4 is 15.5 Å². The number of hydrogen-bond acceptors (Lipinski definition) is 8. The lowest BCUT2D eigenvalue weighted by atomic mass is 10.1. The maximum Gasteiger partial charge on any atom is 0.143 e. The van der Waals surface area contributed by atoms with E-state index in [2.05, 4.69) is 58.4 Å². The first-order valence-corrected chi connectivity index (χ1v) is 12.3. The van der Waals surface area contributed by atoms with E-state index in [-0.39, 0.29) is 0 Å². The van der Waals surface area contributed by atoms with E-state index < -0.39 is 0 Å². The summed E-state index contributed by atoms with van der Waals surface area (Å²) < 4.78 is 1.04. The SMILES string of the molecule is CCCC(CN(CC)c1cccc(Nc2cc3nc(-c4ncccc4C)sc3cn2)n1)NC. The molecule has 172 valence electrons. The molecule has 8 heteroatoms. The van der Waals surface area contributed by atoms with Crippen molar-refractivity contribution < 1.29 is 0 Å². The van der Waals surface area contributed by atoms with Gasteiger partial charge in [-0.25, -0.2) is 15.0 Å². The number of hydrogen-bond donors (Lipinski definition) is 2. The minimum atomic E-state index is 0.444. The van der Waals surface area contributed by atoms with Crippen molar-refractivity contribution in [1.29, 1.82) is 0 Å². The molecule has 0 aliphatic heterocycles. The van der Waals surface area contributed by atoms with Gasteiger partial charge in [0.05, 0.1) is 10.2 Å². The maximum atomic E-state index is 4.85. The molecule has 0 aliphatic rings. The zero-order chi connectivity index (χ0) is 23.2. The Bertz CT molecular complexity index is 1210. The summed E-state index contributed by atoms with van der Waals surface area (Å²) in [5.74, 6) is 2.45. The molecule has 4 rings (SSSR count). The Morgan fingerprint density at radius 3 is 2.70 bits per heavy atom. The minimum Gasteiger partial charge on any atom is -0.355 e. The molecular weight excluding hydrogens is 430 g/mol. The number of aryl methyl sites for hydroxylation is 1. The normalized spacial score (nSPS) is 12.1.